The number of nitrogens with one attached hydrogen (secondary N) is 2. The van der Waals surface area contributed by atoms with Gasteiger partial charge >= 0.3 is 23.9 Å². The van der Waals surface area contributed by atoms with Gasteiger partial charge in [-0.1, -0.05) is 60.0 Å². The average molecular weight is 1110 g/mol. The van der Waals surface area contributed by atoms with Crippen LogP contribution in [-0.2, 0) is 0 Å². The first-order valence-corrected chi connectivity index (χ1v) is 28.6. The van der Waals surface area contributed by atoms with E-state index in [9.17, 15) is 49.2 Å². The van der Waals surface area contributed by atoms with Gasteiger partial charge in [0.2, 0.25) is 0 Å². The maximum Gasteiger partial charge on any atom is 0.339 e. The summed E-state index contributed by atoms with van der Waals surface area (Å²) >= 11 is 0. The van der Waals surface area contributed by atoms with E-state index >= 15 is 0 Å². The molecule has 81 heavy (non-hydrogen) atoms. The summed E-state index contributed by atoms with van der Waals surface area (Å²) < 4.78 is 21.6. The molecule has 2 amide bonds. The molecular weight excluding hydrogens is 1030 g/mol. The van der Waals surface area contributed by atoms with Crippen LogP contribution < -0.4 is 29.6 Å². The van der Waals surface area contributed by atoms with E-state index in [1.54, 1.807) is 0 Å². The van der Waals surface area contributed by atoms with Crippen molar-refractivity contribution >= 4 is 52.6 Å². The zero-order valence-electron chi connectivity index (χ0n) is 48.2. The van der Waals surface area contributed by atoms with Gasteiger partial charge in [0.1, 0.15) is 33.8 Å². The second-order valence-corrected chi connectivity index (χ2v) is 24.2. The molecule has 0 saturated heterocycles. The number of fused-ring (bicyclic) bond motifs is 5. The molecule has 4 aliphatic rings. The highest BCUT2D eigenvalue weighted by atomic mass is 16.5. The van der Waals surface area contributed by atoms with Crippen molar-refractivity contribution in [2.75, 3.05) is 39.1 Å². The van der Waals surface area contributed by atoms with Gasteiger partial charge in [-0.2, -0.15) is 0 Å². The Morgan fingerprint density at radius 2 is 1.07 bits per heavy atom. The van der Waals surface area contributed by atoms with E-state index < -0.39 is 35.7 Å². The number of carboxylic acid groups (broad SMARTS) is 4. The molecule has 4 saturated carbocycles. The lowest BCUT2D eigenvalue weighted by atomic mass is 9.44. The zero-order chi connectivity index (χ0) is 58.7. The summed E-state index contributed by atoms with van der Waals surface area (Å²) in [6.45, 7) is 12.4. The van der Waals surface area contributed by atoms with Crippen molar-refractivity contribution in [2.24, 2.45) is 58.2 Å². The standard InChI is InChI=1S/C65H80N2O14/c1-35(2)12-10-13-36(3)49-20-21-50-44-19-18-42-28-37(24-26-64(42,4)51(44)25-27-65(49,50)5)14-11-15-43(40-31-47(62(74)75)56(80-8)52(33-40)66-58(68)38-16-22-54(78-6)45(29-38)60(70)71)41-32-48(63(76)77)57(81-9)53(34-41)67-59(69)39-17-23-55(79-7)46(30-39)61(72)73/h15-17,22-23,29-37,42,44,49-51H,10-14,18-21,24-28H2,1-9H3,(H,66,68)(H,67,69)(H,70,71)(H,72,73)(H,74,75)(H,76,77)/t36?,37-,42-,44-,49+,50-,51-,64-,65+/m0/s1. The van der Waals surface area contributed by atoms with Gasteiger partial charge in [0.25, 0.3) is 11.8 Å². The molecule has 0 spiro atoms. The molecule has 4 fully saturated rings. The van der Waals surface area contributed by atoms with Crippen LogP contribution in [0.15, 0.2) is 66.7 Å². The smallest absolute Gasteiger partial charge is 0.339 e. The number of rotatable bonds is 22. The van der Waals surface area contributed by atoms with Gasteiger partial charge < -0.3 is 50.0 Å². The summed E-state index contributed by atoms with van der Waals surface area (Å²) in [4.78, 5) is 78.6. The summed E-state index contributed by atoms with van der Waals surface area (Å²) in [6.07, 6.45) is 18.3. The third-order valence-corrected chi connectivity index (χ3v) is 19.4. The topological polar surface area (TPSA) is 244 Å². The Labute approximate surface area is 475 Å². The largest absolute Gasteiger partial charge is 0.496 e. The van der Waals surface area contributed by atoms with Crippen LogP contribution in [0.2, 0.25) is 0 Å². The van der Waals surface area contributed by atoms with Crippen molar-refractivity contribution in [1.82, 2.24) is 0 Å². The Bertz CT molecular complexity index is 2960. The summed E-state index contributed by atoms with van der Waals surface area (Å²) in [5.74, 6) is -1.90. The minimum absolute atomic E-state index is 0.0209. The molecule has 0 aromatic heterocycles. The quantitative estimate of drug-likeness (QED) is 0.0429. The Hall–Kier alpha value is -7.36. The van der Waals surface area contributed by atoms with Crippen LogP contribution in [0.25, 0.3) is 5.57 Å². The number of hydrogen-bond acceptors (Lipinski definition) is 10. The predicted molar refractivity (Wildman–Crippen MR) is 309 cm³/mol. The highest BCUT2D eigenvalue weighted by Crippen LogP contribution is 2.69. The molecule has 0 bridgehead atoms. The number of benzene rings is 4. The number of ether oxygens (including phenoxy) is 4. The van der Waals surface area contributed by atoms with Crippen LogP contribution in [0.1, 0.15) is 198 Å². The van der Waals surface area contributed by atoms with Crippen LogP contribution >= 0.6 is 0 Å². The van der Waals surface area contributed by atoms with E-state index in [2.05, 4.69) is 45.3 Å². The fraction of sp³-hybridized carbons (Fsp3) is 0.508. The normalized spacial score (nSPS) is 24.1. The van der Waals surface area contributed by atoms with Crippen LogP contribution in [0.4, 0.5) is 11.4 Å². The number of aromatic carboxylic acids is 4. The molecule has 4 aliphatic carbocycles. The van der Waals surface area contributed by atoms with E-state index in [0.29, 0.717) is 35.2 Å². The van der Waals surface area contributed by atoms with Crippen molar-refractivity contribution in [1.29, 1.82) is 0 Å². The number of hydrogen-bond donors (Lipinski definition) is 6. The first-order chi connectivity index (χ1) is 38.6. The lowest BCUT2D eigenvalue weighted by molar-refractivity contribution is -0.121. The molecule has 16 heteroatoms. The fourth-order valence-electron chi connectivity index (χ4n) is 15.4. The molecule has 0 aliphatic heterocycles. The summed E-state index contributed by atoms with van der Waals surface area (Å²) in [6, 6.07) is 13.4. The maximum atomic E-state index is 14.0. The molecular formula is C65H80N2O14. The molecule has 16 nitrogen and oxygen atoms in total. The third kappa shape index (κ3) is 12.2. The van der Waals surface area contributed by atoms with Gasteiger partial charge in [-0.15, -0.1) is 0 Å². The minimum atomic E-state index is -1.41. The highest BCUT2D eigenvalue weighted by molar-refractivity contribution is 6.10. The molecule has 4 aromatic rings. The monoisotopic (exact) mass is 1110 g/mol. The Balaban J connectivity index is 1.13. The molecule has 1 unspecified atom stereocenters. The van der Waals surface area contributed by atoms with E-state index in [4.69, 9.17) is 18.9 Å². The van der Waals surface area contributed by atoms with Gasteiger partial charge in [-0.3, -0.25) is 9.59 Å². The van der Waals surface area contributed by atoms with E-state index in [1.807, 2.05) is 6.08 Å². The number of anilines is 2. The van der Waals surface area contributed by atoms with E-state index in [-0.39, 0.29) is 84.3 Å². The molecule has 0 radical (unpaired) electrons. The van der Waals surface area contributed by atoms with Crippen molar-refractivity contribution in [3.05, 3.63) is 111 Å². The Morgan fingerprint density at radius 1 is 0.580 bits per heavy atom. The first kappa shape index (κ1) is 59.8. The molecule has 8 rings (SSSR count). The number of allylic oxidation sites excluding steroid dienone is 1. The molecule has 9 atom stereocenters. The molecule has 0 heterocycles. The average Bonchev–Trinajstić information content (AvgIpc) is 3.85. The van der Waals surface area contributed by atoms with Gasteiger partial charge in [0.05, 0.1) is 39.8 Å². The third-order valence-electron chi connectivity index (χ3n) is 19.4. The molecule has 434 valence electrons. The second kappa shape index (κ2) is 24.8. The van der Waals surface area contributed by atoms with E-state index in [1.165, 1.54) is 135 Å². The SMILES string of the molecule is COc1ccc(C(=O)Nc2cc(C(=CCC[C@H]3CC[C@@]4(C)[C@@H](CC[C@@H]5[C@@H]4CC[C@]4(C)[C@@H](C(C)CCCC(C)C)CC[C@@H]54)C3)c3cc(NC(=O)c4ccc(OC)c(C(=O)O)c4)c(OC)c(C(=O)O)c3)cc(C(=O)O)c2OC)cc1C(=O)O. The van der Waals surface area contributed by atoms with Crippen LogP contribution in [0.3, 0.4) is 0 Å². The molecule has 4 aromatic carbocycles. The lowest BCUT2D eigenvalue weighted by Gasteiger charge is -2.61. The number of carboxylic acids is 4. The Kier molecular flexibility index (Phi) is 18.3. The zero-order valence-corrected chi connectivity index (χ0v) is 48.2. The van der Waals surface area contributed by atoms with Crippen LogP contribution in [0, 0.1) is 58.2 Å². The van der Waals surface area contributed by atoms with Crippen molar-refractivity contribution in [2.45, 2.75) is 125 Å². The van der Waals surface area contributed by atoms with Gasteiger partial charge in [-0.25, -0.2) is 19.2 Å². The minimum Gasteiger partial charge on any atom is -0.496 e. The summed E-state index contributed by atoms with van der Waals surface area (Å²) in [7, 11) is 5.09. The first-order valence-electron chi connectivity index (χ1n) is 28.6. The number of methoxy groups -OCH3 is 4. The van der Waals surface area contributed by atoms with Crippen molar-refractivity contribution in [3.63, 3.8) is 0 Å². The maximum absolute atomic E-state index is 14.0. The Morgan fingerprint density at radius 3 is 1.56 bits per heavy atom. The lowest BCUT2D eigenvalue weighted by Crippen LogP contribution is -2.53. The van der Waals surface area contributed by atoms with Crippen LogP contribution in [0.5, 0.6) is 23.0 Å². The van der Waals surface area contributed by atoms with E-state index in [0.717, 1.165) is 67.4 Å². The summed E-state index contributed by atoms with van der Waals surface area (Å²) in [5, 5.41) is 46.7. The fourth-order valence-corrected chi connectivity index (χ4v) is 15.4. The van der Waals surface area contributed by atoms with Crippen LogP contribution in [-0.4, -0.2) is 84.6 Å². The second-order valence-electron chi connectivity index (χ2n) is 24.2. The predicted octanol–water partition coefficient (Wildman–Crippen LogP) is 14.0. The van der Waals surface area contributed by atoms with Gasteiger partial charge in [0.15, 0.2) is 11.5 Å². The number of carbonyl (C=O) groups excluding carboxylic acids is 2. The van der Waals surface area contributed by atoms with Crippen molar-refractivity contribution in [3.8, 4) is 23.0 Å². The molecule has 6 N–H and O–H groups in total. The summed E-state index contributed by atoms with van der Waals surface area (Å²) in [5.41, 5.74) is -0.0547. The van der Waals surface area contributed by atoms with Crippen molar-refractivity contribution < 1.29 is 68.1 Å². The highest BCUT2D eigenvalue weighted by Gasteiger charge is 2.60. The number of carbonyl (C=O) groups is 6. The van der Waals surface area contributed by atoms with Gasteiger partial charge in [0, 0.05) is 11.1 Å². The number of amides is 2. The van der Waals surface area contributed by atoms with Gasteiger partial charge in [-0.05, 0) is 206 Å².